The van der Waals surface area contributed by atoms with Crippen molar-refractivity contribution in [2.45, 2.75) is 118 Å². The Hall–Kier alpha value is -5.22. The van der Waals surface area contributed by atoms with Crippen LogP contribution in [0.1, 0.15) is 159 Å². The minimum Gasteiger partial charge on any atom is -0.496 e. The number of hydrogen-bond donors (Lipinski definition) is 1. The minimum atomic E-state index is -1.08. The zero-order valence-electron chi connectivity index (χ0n) is 45.8. The Morgan fingerprint density at radius 1 is 0.641 bits per heavy atom. The maximum Gasteiger partial charge on any atom is 0.331 e. The summed E-state index contributed by atoms with van der Waals surface area (Å²) in [5, 5.41) is 15.3. The number of Topliss-reactive ketones (excluding diaryl/α,β-unsaturated/α-hetero) is 3. The normalized spacial score (nSPS) is 12.5. The molecule has 0 radical (unpaired) electrons. The van der Waals surface area contributed by atoms with E-state index in [9.17, 15) is 19.2 Å². The summed E-state index contributed by atoms with van der Waals surface area (Å²) in [7, 11) is 5.02. The van der Waals surface area contributed by atoms with Crippen LogP contribution in [0.3, 0.4) is 0 Å². The number of carboxylic acid groups (broad SMARTS) is 1. The van der Waals surface area contributed by atoms with Crippen LogP contribution in [0, 0.1) is 5.92 Å². The third kappa shape index (κ3) is 17.4. The lowest BCUT2D eigenvalue weighted by atomic mass is 9.97. The van der Waals surface area contributed by atoms with Crippen molar-refractivity contribution in [3.8, 4) is 34.0 Å². The van der Waals surface area contributed by atoms with E-state index in [-0.39, 0.29) is 58.0 Å². The Kier molecular flexibility index (Phi) is 25.2. The lowest BCUT2D eigenvalue weighted by molar-refractivity contribution is -0.132. The molecule has 6 rings (SSSR count). The van der Waals surface area contributed by atoms with Crippen molar-refractivity contribution in [3.05, 3.63) is 146 Å². The van der Waals surface area contributed by atoms with Crippen LogP contribution >= 0.6 is 69.1 Å². The summed E-state index contributed by atoms with van der Waals surface area (Å²) in [6.45, 7) is 14.0. The number of hydrogen-bond acceptors (Lipinski definition) is 12. The predicted molar refractivity (Wildman–Crippen MR) is 320 cm³/mol. The standard InChI is InChI=1S/C31H35Cl2NO4S.C30H33Cl2NO5S/c1-6-8-9-13-38-29(7-2)23-12-10-11-22(31(23)37-5)27-18-39-30(34-27)17-28(36)21-15-25(32)24(26(33)16-21)14-19(3)20(4)35;1-17(2)8-6-11-27(37-4)21-10-7-9-20(29(21)38-5)25-16-39-28(33-25)15-26(34)19-13-23(31)22(24(32)14-19)12-18(3)30(35)36/h10-12,14-16,18,29H,6-9,13,17H2,1-5H3;7,9-10,12-14,16-17,27H,6,8,11,15H2,1-5H3,(H,35,36)/b19-14+;18-12+. The number of aliphatic carboxylic acids is 1. The molecule has 78 heavy (non-hydrogen) atoms. The Labute approximate surface area is 486 Å². The molecule has 0 bridgehead atoms. The van der Waals surface area contributed by atoms with Crippen molar-refractivity contribution in [1.82, 2.24) is 9.97 Å². The monoisotopic (exact) mass is 1180 g/mol. The second kappa shape index (κ2) is 31.0. The largest absolute Gasteiger partial charge is 0.496 e. The fourth-order valence-electron chi connectivity index (χ4n) is 8.47. The fourth-order valence-corrected chi connectivity index (χ4v) is 11.2. The van der Waals surface area contributed by atoms with Crippen LogP contribution in [-0.4, -0.2) is 66.3 Å². The van der Waals surface area contributed by atoms with E-state index in [1.165, 1.54) is 54.7 Å². The number of nitrogens with zero attached hydrogens (tertiary/aromatic N) is 2. The highest BCUT2D eigenvalue weighted by atomic mass is 35.5. The molecule has 0 aliphatic carbocycles. The molecule has 2 atom stereocenters. The molecule has 4 aromatic carbocycles. The lowest BCUT2D eigenvalue weighted by Gasteiger charge is -2.21. The van der Waals surface area contributed by atoms with Gasteiger partial charge in [-0.1, -0.05) is 124 Å². The summed E-state index contributed by atoms with van der Waals surface area (Å²) >= 11 is 28.3. The van der Waals surface area contributed by atoms with E-state index >= 15 is 0 Å². The number of carbonyl (C=O) groups excluding carboxylic acids is 3. The van der Waals surface area contributed by atoms with Gasteiger partial charge in [0.15, 0.2) is 17.3 Å². The number of thiazole rings is 2. The smallest absolute Gasteiger partial charge is 0.331 e. The summed E-state index contributed by atoms with van der Waals surface area (Å²) in [5.41, 5.74) is 7.36. The Morgan fingerprint density at radius 3 is 1.50 bits per heavy atom. The zero-order valence-corrected chi connectivity index (χ0v) is 50.5. The van der Waals surface area contributed by atoms with Gasteiger partial charge >= 0.3 is 5.97 Å². The van der Waals surface area contributed by atoms with Crippen molar-refractivity contribution >= 4 is 105 Å². The first kappa shape index (κ1) is 63.6. The number of ether oxygens (including phenoxy) is 4. The molecule has 6 aromatic rings. The molecule has 0 aliphatic rings. The second-order valence-corrected chi connectivity index (χ2v) is 22.6. The van der Waals surface area contributed by atoms with E-state index in [4.69, 9.17) is 80.4 Å². The van der Waals surface area contributed by atoms with Crippen LogP contribution in [0.2, 0.25) is 20.1 Å². The highest BCUT2D eigenvalue weighted by Gasteiger charge is 2.24. The van der Waals surface area contributed by atoms with Crippen LogP contribution in [0.25, 0.3) is 34.7 Å². The molecule has 2 unspecified atom stereocenters. The first-order valence-corrected chi connectivity index (χ1v) is 29.0. The van der Waals surface area contributed by atoms with Crippen LogP contribution in [0.4, 0.5) is 0 Å². The van der Waals surface area contributed by atoms with E-state index in [1.54, 1.807) is 46.5 Å². The first-order valence-electron chi connectivity index (χ1n) is 25.8. The third-order valence-corrected chi connectivity index (χ3v) is 15.8. The Balaban J connectivity index is 0.000000287. The predicted octanol–water partition coefficient (Wildman–Crippen LogP) is 17.8. The van der Waals surface area contributed by atoms with Gasteiger partial charge in [0, 0.05) is 74.6 Å². The highest BCUT2D eigenvalue weighted by molar-refractivity contribution is 7.10. The average molecular weight is 1180 g/mol. The summed E-state index contributed by atoms with van der Waals surface area (Å²) in [4.78, 5) is 58.4. The van der Waals surface area contributed by atoms with Crippen molar-refractivity contribution in [2.24, 2.45) is 5.92 Å². The van der Waals surface area contributed by atoms with Gasteiger partial charge < -0.3 is 24.1 Å². The molecule has 0 spiro atoms. The molecule has 2 aromatic heterocycles. The molecule has 11 nitrogen and oxygen atoms in total. The van der Waals surface area contributed by atoms with Gasteiger partial charge in [-0.05, 0) is 100 Å². The van der Waals surface area contributed by atoms with Crippen molar-refractivity contribution < 1.29 is 43.2 Å². The maximum absolute atomic E-state index is 13.1. The molecular formula is C61H68Cl4N2O9S2. The zero-order chi connectivity index (χ0) is 57.2. The maximum atomic E-state index is 13.1. The number of allylic oxidation sites excluding steroid dienone is 1. The molecule has 17 heteroatoms. The van der Waals surface area contributed by atoms with E-state index in [1.807, 2.05) is 47.2 Å². The molecule has 416 valence electrons. The number of carboxylic acids is 1. The summed E-state index contributed by atoms with van der Waals surface area (Å²) in [5.74, 6) is 0.597. The van der Waals surface area contributed by atoms with Crippen LogP contribution in [0.15, 0.2) is 82.6 Å². The Morgan fingerprint density at radius 2 is 1.10 bits per heavy atom. The van der Waals surface area contributed by atoms with Gasteiger partial charge in [-0.2, -0.15) is 0 Å². The average Bonchev–Trinajstić information content (AvgIpc) is 4.10. The van der Waals surface area contributed by atoms with E-state index in [2.05, 4.69) is 27.7 Å². The van der Waals surface area contributed by atoms with Gasteiger partial charge in [-0.3, -0.25) is 14.4 Å². The van der Waals surface area contributed by atoms with Gasteiger partial charge in [-0.25, -0.2) is 14.8 Å². The van der Waals surface area contributed by atoms with Crippen LogP contribution < -0.4 is 9.47 Å². The van der Waals surface area contributed by atoms with Crippen LogP contribution in [0.5, 0.6) is 11.5 Å². The number of rotatable bonds is 27. The van der Waals surface area contributed by atoms with Crippen molar-refractivity contribution in [1.29, 1.82) is 0 Å². The van der Waals surface area contributed by atoms with Gasteiger partial charge in [-0.15, -0.1) is 22.7 Å². The lowest BCUT2D eigenvalue weighted by Crippen LogP contribution is -2.07. The minimum absolute atomic E-state index is 0.0667. The number of para-hydroxylation sites is 2. The Bertz CT molecular complexity index is 3080. The molecular weight excluding hydrogens is 1110 g/mol. The van der Waals surface area contributed by atoms with Gasteiger partial charge in [0.1, 0.15) is 21.5 Å². The number of carbonyl (C=O) groups is 4. The molecule has 0 fully saturated rings. The second-order valence-electron chi connectivity index (χ2n) is 19.1. The topological polar surface area (TPSA) is 151 Å². The molecule has 0 amide bonds. The number of methoxy groups -OCH3 is 3. The van der Waals surface area contributed by atoms with E-state index in [0.29, 0.717) is 60.4 Å². The molecule has 0 aliphatic heterocycles. The van der Waals surface area contributed by atoms with Crippen molar-refractivity contribution in [2.75, 3.05) is 27.9 Å². The molecule has 1 N–H and O–H groups in total. The SMILES string of the molecule is CCCCCOC(CC)c1cccc(-c2csc(CC(=O)c3cc(Cl)c(/C=C(\C)C(C)=O)c(Cl)c3)n2)c1OC.COc1c(-c2csc(CC(=O)c3cc(Cl)c(/C=C(\C)C(=O)O)c(Cl)c3)n2)cccc1C(CCCC(C)C)OC. The highest BCUT2D eigenvalue weighted by Crippen LogP contribution is 2.41. The number of benzene rings is 4. The quantitative estimate of drug-likeness (QED) is 0.0298. The first-order chi connectivity index (χ1) is 37.2. The third-order valence-electron chi connectivity index (χ3n) is 12.9. The van der Waals surface area contributed by atoms with Gasteiger partial charge in [0.2, 0.25) is 0 Å². The van der Waals surface area contributed by atoms with Gasteiger partial charge in [0.05, 0.1) is 70.7 Å². The molecule has 0 saturated carbocycles. The van der Waals surface area contributed by atoms with E-state index < -0.39 is 5.97 Å². The van der Waals surface area contributed by atoms with Crippen LogP contribution in [-0.2, 0) is 31.9 Å². The number of aromatic nitrogens is 2. The number of halogens is 4. The van der Waals surface area contributed by atoms with Gasteiger partial charge in [0.25, 0.3) is 0 Å². The summed E-state index contributed by atoms with van der Waals surface area (Å²) in [6, 6.07) is 18.1. The van der Waals surface area contributed by atoms with Crippen molar-refractivity contribution in [3.63, 3.8) is 0 Å². The summed E-state index contributed by atoms with van der Waals surface area (Å²) in [6.07, 6.45) is 10.3. The summed E-state index contributed by atoms with van der Waals surface area (Å²) < 4.78 is 23.7. The number of ketones is 3. The van der Waals surface area contributed by atoms with E-state index in [0.717, 1.165) is 90.1 Å². The number of unbranched alkanes of at least 4 members (excludes halogenated alkanes) is 2. The molecule has 2 heterocycles. The fraction of sp³-hybridized carbons (Fsp3) is 0.377. The molecule has 0 saturated heterocycles.